The molecular weight excluding hydrogens is 403 g/mol. The molecule has 0 atom stereocenters. The maximum atomic E-state index is 12.4. The van der Waals surface area contributed by atoms with E-state index in [4.69, 9.17) is 4.98 Å². The molecule has 162 valence electrons. The zero-order valence-electron chi connectivity index (χ0n) is 17.2. The van der Waals surface area contributed by atoms with Gasteiger partial charge < -0.3 is 15.0 Å². The lowest BCUT2D eigenvalue weighted by Gasteiger charge is -2.29. The Hall–Kier alpha value is -3.22. The monoisotopic (exact) mass is 427 g/mol. The Bertz CT molecular complexity index is 1010. The number of ether oxygens (including phenoxy) is 1. The average molecular weight is 427 g/mol. The molecule has 1 aliphatic rings. The van der Waals surface area contributed by atoms with E-state index in [1.165, 1.54) is 24.1 Å². The van der Waals surface area contributed by atoms with Gasteiger partial charge in [-0.15, -0.1) is 13.2 Å². The van der Waals surface area contributed by atoms with E-state index in [-0.39, 0.29) is 5.75 Å². The third kappa shape index (κ3) is 5.69. The summed E-state index contributed by atoms with van der Waals surface area (Å²) in [5.41, 5.74) is 4.76. The summed E-state index contributed by atoms with van der Waals surface area (Å²) < 4.78 is 41.1. The average Bonchev–Trinajstić information content (AvgIpc) is 2.75. The highest BCUT2D eigenvalue weighted by Crippen LogP contribution is 2.30. The van der Waals surface area contributed by atoms with Crippen molar-refractivity contribution < 1.29 is 17.9 Å². The van der Waals surface area contributed by atoms with Crippen molar-refractivity contribution in [1.29, 1.82) is 0 Å². The number of nitrogens with zero attached hydrogens (tertiary/aromatic N) is 2. The first kappa shape index (κ1) is 21.0. The largest absolute Gasteiger partial charge is 0.573 e. The smallest absolute Gasteiger partial charge is 0.406 e. The molecule has 0 unspecified atom stereocenters. The molecule has 1 aliphatic heterocycles. The number of nitrogens with one attached hydrogen (secondary N) is 1. The van der Waals surface area contributed by atoms with Gasteiger partial charge in [0.05, 0.1) is 5.69 Å². The van der Waals surface area contributed by atoms with Gasteiger partial charge in [0, 0.05) is 36.1 Å². The Balaban J connectivity index is 1.62. The predicted octanol–water partition coefficient (Wildman–Crippen LogP) is 6.69. The van der Waals surface area contributed by atoms with Crippen molar-refractivity contribution >= 4 is 17.2 Å². The van der Waals surface area contributed by atoms with Gasteiger partial charge in [0.25, 0.3) is 0 Å². The van der Waals surface area contributed by atoms with Crippen molar-refractivity contribution in [2.75, 3.05) is 23.3 Å². The minimum Gasteiger partial charge on any atom is -0.406 e. The molecule has 1 fully saturated rings. The Morgan fingerprint density at radius 2 is 1.58 bits per heavy atom. The normalized spacial score (nSPS) is 14.4. The molecule has 0 aliphatic carbocycles. The molecule has 2 aromatic carbocycles. The van der Waals surface area contributed by atoms with E-state index in [1.54, 1.807) is 12.1 Å². The number of pyridine rings is 1. The van der Waals surface area contributed by atoms with Crippen molar-refractivity contribution in [3.63, 3.8) is 0 Å². The maximum Gasteiger partial charge on any atom is 0.573 e. The molecule has 0 bridgehead atoms. The Morgan fingerprint density at radius 1 is 0.903 bits per heavy atom. The highest BCUT2D eigenvalue weighted by molar-refractivity contribution is 5.71. The van der Waals surface area contributed by atoms with Crippen molar-refractivity contribution in [2.24, 2.45) is 0 Å². The molecule has 0 spiro atoms. The minimum atomic E-state index is -4.71. The summed E-state index contributed by atoms with van der Waals surface area (Å²) in [5.74, 6) is 0.386. The maximum absolute atomic E-state index is 12.4. The van der Waals surface area contributed by atoms with Gasteiger partial charge in [0.1, 0.15) is 11.6 Å². The van der Waals surface area contributed by atoms with E-state index >= 15 is 0 Å². The SMILES string of the molecule is Cc1ccc(-c2cc(N3CCCCC3)cc(Nc3ccc(OC(F)(F)F)cc3)n2)cc1. The first-order chi connectivity index (χ1) is 14.9. The summed E-state index contributed by atoms with van der Waals surface area (Å²) in [5, 5.41) is 3.22. The molecule has 31 heavy (non-hydrogen) atoms. The zero-order chi connectivity index (χ0) is 21.8. The molecule has 1 saturated heterocycles. The first-order valence-electron chi connectivity index (χ1n) is 10.3. The van der Waals surface area contributed by atoms with Crippen molar-refractivity contribution in [3.8, 4) is 17.0 Å². The Labute approximate surface area is 179 Å². The van der Waals surface area contributed by atoms with E-state index in [1.807, 2.05) is 25.1 Å². The van der Waals surface area contributed by atoms with E-state index in [2.05, 4.69) is 33.2 Å². The van der Waals surface area contributed by atoms with Gasteiger partial charge in [0.2, 0.25) is 0 Å². The fourth-order valence-corrected chi connectivity index (χ4v) is 3.67. The number of rotatable bonds is 5. The molecule has 1 aromatic heterocycles. The molecule has 0 amide bonds. The lowest BCUT2D eigenvalue weighted by atomic mass is 10.1. The number of anilines is 3. The fraction of sp³-hybridized carbons (Fsp3) is 0.292. The van der Waals surface area contributed by atoms with Gasteiger partial charge >= 0.3 is 6.36 Å². The summed E-state index contributed by atoms with van der Waals surface area (Å²) in [6.07, 6.45) is -1.15. The lowest BCUT2D eigenvalue weighted by Crippen LogP contribution is -2.29. The number of hydrogen-bond donors (Lipinski definition) is 1. The molecule has 0 radical (unpaired) electrons. The van der Waals surface area contributed by atoms with Crippen LogP contribution in [0.15, 0.2) is 60.7 Å². The Morgan fingerprint density at radius 3 is 2.23 bits per heavy atom. The molecule has 0 saturated carbocycles. The molecule has 2 heterocycles. The van der Waals surface area contributed by atoms with Crippen LogP contribution >= 0.6 is 0 Å². The minimum absolute atomic E-state index is 0.256. The second-order valence-electron chi connectivity index (χ2n) is 7.71. The van der Waals surface area contributed by atoms with Crippen molar-refractivity contribution in [1.82, 2.24) is 4.98 Å². The van der Waals surface area contributed by atoms with Gasteiger partial charge in [-0.3, -0.25) is 0 Å². The van der Waals surface area contributed by atoms with Crippen LogP contribution in [0.3, 0.4) is 0 Å². The summed E-state index contributed by atoms with van der Waals surface area (Å²) in [7, 11) is 0. The molecule has 7 heteroatoms. The topological polar surface area (TPSA) is 37.4 Å². The number of aryl methyl sites for hydroxylation is 1. The number of hydrogen-bond acceptors (Lipinski definition) is 4. The van der Waals surface area contributed by atoms with Gasteiger partial charge in [-0.25, -0.2) is 4.98 Å². The van der Waals surface area contributed by atoms with Crippen LogP contribution in [-0.2, 0) is 0 Å². The van der Waals surface area contributed by atoms with Crippen LogP contribution in [0.4, 0.5) is 30.4 Å². The molecule has 4 rings (SSSR count). The van der Waals surface area contributed by atoms with E-state index in [0.717, 1.165) is 42.9 Å². The van der Waals surface area contributed by atoms with Crippen LogP contribution in [0, 0.1) is 6.92 Å². The number of alkyl halides is 3. The van der Waals surface area contributed by atoms with Crippen molar-refractivity contribution in [3.05, 3.63) is 66.2 Å². The first-order valence-corrected chi connectivity index (χ1v) is 10.3. The molecule has 4 nitrogen and oxygen atoms in total. The van der Waals surface area contributed by atoms with Crippen LogP contribution < -0.4 is 15.0 Å². The van der Waals surface area contributed by atoms with Gasteiger partial charge in [0.15, 0.2) is 0 Å². The van der Waals surface area contributed by atoms with Crippen LogP contribution in [0.5, 0.6) is 5.75 Å². The molecule has 3 aromatic rings. The summed E-state index contributed by atoms with van der Waals surface area (Å²) in [6.45, 7) is 4.04. The van der Waals surface area contributed by atoms with Crippen molar-refractivity contribution in [2.45, 2.75) is 32.5 Å². The predicted molar refractivity (Wildman–Crippen MR) is 117 cm³/mol. The summed E-state index contributed by atoms with van der Waals surface area (Å²) in [4.78, 5) is 7.11. The Kier molecular flexibility index (Phi) is 6.02. The highest BCUT2D eigenvalue weighted by atomic mass is 19.4. The zero-order valence-corrected chi connectivity index (χ0v) is 17.2. The van der Waals surface area contributed by atoms with E-state index in [9.17, 15) is 13.2 Å². The van der Waals surface area contributed by atoms with Gasteiger partial charge in [-0.2, -0.15) is 0 Å². The summed E-state index contributed by atoms with van der Waals surface area (Å²) in [6, 6.07) is 17.9. The van der Waals surface area contributed by atoms with Gasteiger partial charge in [-0.05, 0) is 56.5 Å². The number of benzene rings is 2. The quantitative estimate of drug-likeness (QED) is 0.492. The second-order valence-corrected chi connectivity index (χ2v) is 7.71. The second kappa shape index (κ2) is 8.88. The van der Waals surface area contributed by atoms with E-state index < -0.39 is 6.36 Å². The fourth-order valence-electron chi connectivity index (χ4n) is 3.67. The van der Waals surface area contributed by atoms with E-state index in [0.29, 0.717) is 11.5 Å². The number of halogens is 3. The van der Waals surface area contributed by atoms with Crippen LogP contribution in [-0.4, -0.2) is 24.4 Å². The summed E-state index contributed by atoms with van der Waals surface area (Å²) >= 11 is 0. The van der Waals surface area contributed by atoms with Crippen LogP contribution in [0.25, 0.3) is 11.3 Å². The molecular formula is C24H24F3N3O. The van der Waals surface area contributed by atoms with Crippen LogP contribution in [0.1, 0.15) is 24.8 Å². The highest BCUT2D eigenvalue weighted by Gasteiger charge is 2.30. The van der Waals surface area contributed by atoms with Crippen LogP contribution in [0.2, 0.25) is 0 Å². The van der Waals surface area contributed by atoms with Gasteiger partial charge in [-0.1, -0.05) is 29.8 Å². The third-order valence-corrected chi connectivity index (χ3v) is 5.24. The number of aromatic nitrogens is 1. The molecule has 1 N–H and O–H groups in total. The lowest BCUT2D eigenvalue weighted by molar-refractivity contribution is -0.274. The number of piperidine rings is 1. The third-order valence-electron chi connectivity index (χ3n) is 5.24. The standard InChI is InChI=1S/C24H24F3N3O/c1-17-5-7-18(8-6-17)22-15-20(30-13-3-2-4-14-30)16-23(29-22)28-19-9-11-21(12-10-19)31-24(25,26)27/h5-12,15-16H,2-4,13-14H2,1H3,(H,28,29).